The molecule has 1 aliphatic rings. The van der Waals surface area contributed by atoms with Crippen molar-refractivity contribution in [3.63, 3.8) is 0 Å². The summed E-state index contributed by atoms with van der Waals surface area (Å²) in [6, 6.07) is 9.25. The Hall–Kier alpha value is -3.24. The van der Waals surface area contributed by atoms with Crippen LogP contribution >= 0.6 is 0 Å². The van der Waals surface area contributed by atoms with E-state index in [0.717, 1.165) is 24.7 Å². The van der Waals surface area contributed by atoms with Gasteiger partial charge >= 0.3 is 195 Å². The summed E-state index contributed by atoms with van der Waals surface area (Å²) in [6.45, 7) is 2.09. The summed E-state index contributed by atoms with van der Waals surface area (Å²) in [5.74, 6) is 0.182. The summed E-state index contributed by atoms with van der Waals surface area (Å²) in [5.41, 5.74) is 1.84. The van der Waals surface area contributed by atoms with E-state index in [2.05, 4.69) is 31.8 Å². The molecule has 1 aliphatic heterocycles. The Labute approximate surface area is 200 Å². The molecule has 0 radical (unpaired) electrons. The molecule has 0 amide bonds. The Balaban J connectivity index is 1.44. The standard InChI is InChI=1S/C22H21FIN8O/c1-33-21-18(13-32(30-21)24-15-5-3-8-26-11-15)28-22-27-12-17(23)20(29-22)31-9-7-16-14(10-25)4-2-6-19(16)31/h2,4,6-7,9,12-13,15,26H,3,5,8,11H2,1H3,(H,27,28,29)/q-1. The molecule has 3 aromatic heterocycles. The zero-order chi connectivity index (χ0) is 22.8. The minimum absolute atomic E-state index is 0.0876. The number of fused-ring (bicyclic) bond motifs is 1. The summed E-state index contributed by atoms with van der Waals surface area (Å²) in [6.07, 6.45) is 7.11. The van der Waals surface area contributed by atoms with E-state index in [4.69, 9.17) is 4.74 Å². The summed E-state index contributed by atoms with van der Waals surface area (Å²) in [4.78, 5) is 8.51. The van der Waals surface area contributed by atoms with E-state index in [1.165, 1.54) is 12.8 Å². The first-order valence-corrected chi connectivity index (χ1v) is 12.7. The minimum atomic E-state index is -0.571. The summed E-state index contributed by atoms with van der Waals surface area (Å²) < 4.78 is 24.3. The molecule has 0 aliphatic carbocycles. The van der Waals surface area contributed by atoms with Gasteiger partial charge in [0, 0.05) is 0 Å². The van der Waals surface area contributed by atoms with Crippen molar-refractivity contribution < 1.29 is 30.6 Å². The topological polar surface area (TPSA) is 106 Å². The van der Waals surface area contributed by atoms with Crippen LogP contribution in [-0.2, 0) is 0 Å². The molecule has 1 aromatic carbocycles. The zero-order valence-corrected chi connectivity index (χ0v) is 20.0. The molecule has 2 N–H and O–H groups in total. The molecule has 5 rings (SSSR count). The predicted molar refractivity (Wildman–Crippen MR) is 117 cm³/mol. The number of benzene rings is 1. The summed E-state index contributed by atoms with van der Waals surface area (Å²) >= 11 is -0.348. The van der Waals surface area contributed by atoms with Crippen LogP contribution in [0.1, 0.15) is 18.4 Å². The number of nitriles is 1. The van der Waals surface area contributed by atoms with Gasteiger partial charge in [0.1, 0.15) is 0 Å². The van der Waals surface area contributed by atoms with Gasteiger partial charge in [0.25, 0.3) is 0 Å². The fraction of sp³-hybridized carbons (Fsp3) is 0.273. The number of piperidine rings is 1. The van der Waals surface area contributed by atoms with Crippen LogP contribution in [0.2, 0.25) is 0 Å². The summed E-state index contributed by atoms with van der Waals surface area (Å²) in [5, 5.41) is 21.2. The third-order valence-electron chi connectivity index (χ3n) is 5.37. The Bertz CT molecular complexity index is 1340. The molecule has 1 saturated heterocycles. The molecule has 4 aromatic rings. The second-order valence-corrected chi connectivity index (χ2v) is 10.8. The van der Waals surface area contributed by atoms with Gasteiger partial charge in [-0.1, -0.05) is 0 Å². The van der Waals surface area contributed by atoms with Gasteiger partial charge in [-0.25, -0.2) is 0 Å². The number of aromatic nitrogens is 5. The Morgan fingerprint density at radius 3 is 3.06 bits per heavy atom. The third kappa shape index (κ3) is 4.36. The van der Waals surface area contributed by atoms with Gasteiger partial charge in [-0.2, -0.15) is 5.26 Å². The van der Waals surface area contributed by atoms with Gasteiger partial charge in [-0.3, -0.25) is 0 Å². The van der Waals surface area contributed by atoms with Crippen LogP contribution in [0, 0.1) is 17.1 Å². The van der Waals surface area contributed by atoms with E-state index in [9.17, 15) is 9.65 Å². The van der Waals surface area contributed by atoms with E-state index in [-0.39, 0.29) is 33.2 Å². The average molecular weight is 559 g/mol. The van der Waals surface area contributed by atoms with Gasteiger partial charge in [0.15, 0.2) is 0 Å². The van der Waals surface area contributed by atoms with Gasteiger partial charge in [-0.15, -0.1) is 0 Å². The molecule has 0 bridgehead atoms. The molecular weight excluding hydrogens is 538 g/mol. The predicted octanol–water partition coefficient (Wildman–Crippen LogP) is -0.0159. The van der Waals surface area contributed by atoms with Crippen molar-refractivity contribution in [2.24, 2.45) is 0 Å². The maximum absolute atomic E-state index is 14.7. The van der Waals surface area contributed by atoms with Crippen LogP contribution in [0.25, 0.3) is 16.7 Å². The molecule has 1 unspecified atom stereocenters. The quantitative estimate of drug-likeness (QED) is 0.253. The van der Waals surface area contributed by atoms with Crippen molar-refractivity contribution >= 4 is 22.5 Å². The number of ether oxygens (including phenoxy) is 1. The van der Waals surface area contributed by atoms with E-state index in [1.54, 1.807) is 36.1 Å². The van der Waals surface area contributed by atoms with Crippen LogP contribution in [-0.4, -0.2) is 46.7 Å². The second kappa shape index (κ2) is 9.32. The van der Waals surface area contributed by atoms with E-state index in [1.807, 2.05) is 15.2 Å². The summed E-state index contributed by atoms with van der Waals surface area (Å²) in [7, 11) is 1.56. The molecule has 11 heteroatoms. The number of hydrogen-bond acceptors (Lipinski definition) is 7. The molecule has 33 heavy (non-hydrogen) atoms. The molecule has 170 valence electrons. The number of nitrogens with one attached hydrogen (secondary N) is 2. The first-order valence-electron chi connectivity index (χ1n) is 10.4. The monoisotopic (exact) mass is 559 g/mol. The van der Waals surface area contributed by atoms with E-state index < -0.39 is 5.82 Å². The van der Waals surface area contributed by atoms with Crippen molar-refractivity contribution in [1.82, 2.24) is 27.8 Å². The van der Waals surface area contributed by atoms with Crippen molar-refractivity contribution in [3.8, 4) is 17.8 Å². The first kappa shape index (κ1) is 21.6. The number of anilines is 2. The molecule has 0 spiro atoms. The maximum atomic E-state index is 14.7. The van der Waals surface area contributed by atoms with Crippen LogP contribution in [0.4, 0.5) is 16.0 Å². The Kier molecular flexibility index (Phi) is 6.10. The molecular formula is C22H21FIN8O-. The van der Waals surface area contributed by atoms with Crippen molar-refractivity contribution in [2.75, 3.05) is 25.5 Å². The van der Waals surface area contributed by atoms with Gasteiger partial charge < -0.3 is 0 Å². The fourth-order valence-corrected chi connectivity index (χ4v) is 6.60. The average Bonchev–Trinajstić information content (AvgIpc) is 3.44. The van der Waals surface area contributed by atoms with Gasteiger partial charge in [0.05, 0.1) is 0 Å². The van der Waals surface area contributed by atoms with E-state index >= 15 is 0 Å². The second-order valence-electron chi connectivity index (χ2n) is 7.51. The van der Waals surface area contributed by atoms with Crippen LogP contribution in [0.5, 0.6) is 5.88 Å². The Morgan fingerprint density at radius 1 is 1.36 bits per heavy atom. The van der Waals surface area contributed by atoms with Crippen molar-refractivity contribution in [1.29, 1.82) is 5.26 Å². The van der Waals surface area contributed by atoms with Crippen molar-refractivity contribution in [3.05, 3.63) is 54.2 Å². The number of methoxy groups -OCH3 is 1. The third-order valence-corrected chi connectivity index (χ3v) is 8.29. The first-order chi connectivity index (χ1) is 16.2. The number of halogens is 2. The van der Waals surface area contributed by atoms with Gasteiger partial charge in [-0.05, 0) is 0 Å². The molecule has 0 saturated carbocycles. The van der Waals surface area contributed by atoms with Crippen LogP contribution in [0.3, 0.4) is 0 Å². The normalized spacial score (nSPS) is 16.1. The SMILES string of the molecule is COc1nn([I-]C2CCCNC2)cc1Nc1ncc(F)c(-n2ccc3c(C#N)cccc32)n1. The van der Waals surface area contributed by atoms with Crippen LogP contribution < -0.4 is 36.8 Å². The molecule has 9 nitrogen and oxygen atoms in total. The number of alkyl halides is 1. The number of rotatable bonds is 6. The molecule has 1 atom stereocenters. The fourth-order valence-electron chi connectivity index (χ4n) is 3.81. The number of hydrogen-bond donors (Lipinski definition) is 2. The zero-order valence-electron chi connectivity index (χ0n) is 17.8. The van der Waals surface area contributed by atoms with Crippen LogP contribution in [0.15, 0.2) is 42.9 Å². The van der Waals surface area contributed by atoms with E-state index in [0.29, 0.717) is 26.6 Å². The molecule has 1 fully saturated rings. The van der Waals surface area contributed by atoms with Gasteiger partial charge in [0.2, 0.25) is 0 Å². The number of nitrogens with zero attached hydrogens (tertiary/aromatic N) is 6. The van der Waals surface area contributed by atoms with Crippen molar-refractivity contribution in [2.45, 2.75) is 16.8 Å². The Morgan fingerprint density at radius 2 is 2.27 bits per heavy atom. The molecule has 4 heterocycles.